The normalized spacial score (nSPS) is 12.7. The first kappa shape index (κ1) is 11.2. The molecule has 0 radical (unpaired) electrons. The molecule has 1 heterocycles. The van der Waals surface area contributed by atoms with Gasteiger partial charge >= 0.3 is 0 Å². The van der Waals surface area contributed by atoms with E-state index in [1.54, 1.807) is 0 Å². The average Bonchev–Trinajstić information content (AvgIpc) is 2.66. The lowest BCUT2D eigenvalue weighted by atomic mass is 10.1. The lowest BCUT2D eigenvalue weighted by Crippen LogP contribution is -2.17. The zero-order valence-corrected chi connectivity index (χ0v) is 9.74. The van der Waals surface area contributed by atoms with Crippen LogP contribution in [0.3, 0.4) is 0 Å². The molecule has 0 spiro atoms. The monoisotopic (exact) mass is 236 g/mol. The zero-order chi connectivity index (χ0) is 11.5. The van der Waals surface area contributed by atoms with Gasteiger partial charge in [0.1, 0.15) is 11.5 Å². The smallest absolute Gasteiger partial charge is 0.138 e. The van der Waals surface area contributed by atoms with Gasteiger partial charge in [-0.2, -0.15) is 0 Å². The highest BCUT2D eigenvalue weighted by Crippen LogP contribution is 2.21. The van der Waals surface area contributed by atoms with Crippen LogP contribution in [0.2, 0.25) is 5.02 Å². The van der Waals surface area contributed by atoms with Crippen LogP contribution in [0.5, 0.6) is 0 Å². The molecule has 4 heteroatoms. The van der Waals surface area contributed by atoms with Gasteiger partial charge in [-0.05, 0) is 19.1 Å². The van der Waals surface area contributed by atoms with E-state index < -0.39 is 0 Å². The minimum Gasteiger partial charge on any atom is -0.361 e. The summed E-state index contributed by atoms with van der Waals surface area (Å²) in [5.41, 5.74) is 7.49. The second-order valence-electron chi connectivity index (χ2n) is 3.87. The lowest BCUT2D eigenvalue weighted by molar-refractivity contribution is 0.378. The van der Waals surface area contributed by atoms with Crippen LogP contribution in [-0.4, -0.2) is 11.2 Å². The van der Waals surface area contributed by atoms with E-state index in [1.807, 2.05) is 37.3 Å². The first-order valence-corrected chi connectivity index (χ1v) is 5.50. The molecule has 0 aliphatic heterocycles. The van der Waals surface area contributed by atoms with Gasteiger partial charge in [0.2, 0.25) is 0 Å². The van der Waals surface area contributed by atoms with E-state index in [2.05, 4.69) is 5.16 Å². The van der Waals surface area contributed by atoms with Gasteiger partial charge in [0, 0.05) is 29.1 Å². The van der Waals surface area contributed by atoms with E-state index in [-0.39, 0.29) is 6.04 Å². The second-order valence-corrected chi connectivity index (χ2v) is 4.30. The molecular formula is C12H13ClN2O. The maximum atomic E-state index is 5.81. The van der Waals surface area contributed by atoms with Crippen LogP contribution in [-0.2, 0) is 6.42 Å². The third-order valence-electron chi connectivity index (χ3n) is 2.22. The molecule has 3 nitrogen and oxygen atoms in total. The van der Waals surface area contributed by atoms with E-state index in [4.69, 9.17) is 21.9 Å². The van der Waals surface area contributed by atoms with Crippen LogP contribution in [0.4, 0.5) is 0 Å². The van der Waals surface area contributed by atoms with Gasteiger partial charge in [-0.3, -0.25) is 0 Å². The number of halogens is 1. The molecule has 1 aromatic heterocycles. The third-order valence-corrected chi connectivity index (χ3v) is 2.47. The number of nitrogens with two attached hydrogens (primary N) is 1. The van der Waals surface area contributed by atoms with Crippen LogP contribution >= 0.6 is 11.6 Å². The number of hydrogen-bond acceptors (Lipinski definition) is 3. The van der Waals surface area contributed by atoms with Crippen molar-refractivity contribution in [2.24, 2.45) is 5.73 Å². The van der Waals surface area contributed by atoms with Crippen LogP contribution in [0.15, 0.2) is 34.9 Å². The summed E-state index contributed by atoms with van der Waals surface area (Å²) in [5, 5.41) is 4.71. The fourth-order valence-electron chi connectivity index (χ4n) is 1.48. The molecule has 1 atom stereocenters. The highest BCUT2D eigenvalue weighted by molar-refractivity contribution is 6.30. The van der Waals surface area contributed by atoms with Crippen LogP contribution in [0, 0.1) is 0 Å². The van der Waals surface area contributed by atoms with Crippen molar-refractivity contribution < 1.29 is 4.52 Å². The molecule has 2 N–H and O–H groups in total. The number of nitrogens with zero attached hydrogens (tertiary/aromatic N) is 1. The van der Waals surface area contributed by atoms with Crippen molar-refractivity contribution in [1.82, 2.24) is 5.16 Å². The van der Waals surface area contributed by atoms with Crippen molar-refractivity contribution in [2.75, 3.05) is 0 Å². The first-order valence-electron chi connectivity index (χ1n) is 5.12. The molecule has 0 fully saturated rings. The van der Waals surface area contributed by atoms with Gasteiger partial charge in [0.05, 0.1) is 0 Å². The van der Waals surface area contributed by atoms with Gasteiger partial charge < -0.3 is 10.3 Å². The fraction of sp³-hybridized carbons (Fsp3) is 0.250. The highest BCUT2D eigenvalue weighted by Gasteiger charge is 2.07. The summed E-state index contributed by atoms with van der Waals surface area (Å²) in [4.78, 5) is 0. The molecule has 2 aromatic rings. The molecule has 0 bridgehead atoms. The van der Waals surface area contributed by atoms with E-state index >= 15 is 0 Å². The maximum Gasteiger partial charge on any atom is 0.138 e. The molecule has 0 aliphatic rings. The summed E-state index contributed by atoms with van der Waals surface area (Å²) < 4.78 is 5.20. The molecule has 84 valence electrons. The van der Waals surface area contributed by atoms with Crippen molar-refractivity contribution in [3.8, 4) is 11.3 Å². The Kier molecular flexibility index (Phi) is 3.27. The first-order chi connectivity index (χ1) is 7.65. The van der Waals surface area contributed by atoms with E-state index in [0.717, 1.165) is 17.0 Å². The largest absolute Gasteiger partial charge is 0.361 e. The van der Waals surface area contributed by atoms with E-state index in [0.29, 0.717) is 11.4 Å². The predicted molar refractivity (Wildman–Crippen MR) is 64.3 cm³/mol. The molecule has 1 unspecified atom stereocenters. The summed E-state index contributed by atoms with van der Waals surface area (Å²) in [6.07, 6.45) is 0.695. The molecule has 0 saturated heterocycles. The Labute approximate surface area is 99.2 Å². The number of hydrogen-bond donors (Lipinski definition) is 1. The van der Waals surface area contributed by atoms with Crippen molar-refractivity contribution in [2.45, 2.75) is 19.4 Å². The Hall–Kier alpha value is -1.32. The Bertz CT molecular complexity index is 462. The van der Waals surface area contributed by atoms with E-state index in [1.165, 1.54) is 0 Å². The molecule has 1 aromatic carbocycles. The standard InChI is InChI=1S/C12H13ClN2O/c1-8(14)6-11-7-12(15-16-11)9-2-4-10(13)5-3-9/h2-5,7-8H,6,14H2,1H3. The minimum absolute atomic E-state index is 0.0750. The highest BCUT2D eigenvalue weighted by atomic mass is 35.5. The lowest BCUT2D eigenvalue weighted by Gasteiger charge is -1.97. The molecule has 0 aliphatic carbocycles. The van der Waals surface area contributed by atoms with Gasteiger partial charge in [-0.15, -0.1) is 0 Å². The van der Waals surface area contributed by atoms with Gasteiger partial charge in [-0.1, -0.05) is 28.9 Å². The summed E-state index contributed by atoms with van der Waals surface area (Å²) >= 11 is 5.81. The topological polar surface area (TPSA) is 52.0 Å². The molecule has 16 heavy (non-hydrogen) atoms. The van der Waals surface area contributed by atoms with Gasteiger partial charge in [0.15, 0.2) is 0 Å². The SMILES string of the molecule is CC(N)Cc1cc(-c2ccc(Cl)cc2)no1. The number of benzene rings is 1. The second kappa shape index (κ2) is 4.68. The summed E-state index contributed by atoms with van der Waals surface area (Å²) in [6, 6.07) is 9.47. The summed E-state index contributed by atoms with van der Waals surface area (Å²) in [5.74, 6) is 0.806. The quantitative estimate of drug-likeness (QED) is 0.892. The number of aromatic nitrogens is 1. The molecule has 0 saturated carbocycles. The molecule has 0 amide bonds. The third kappa shape index (κ3) is 2.62. The van der Waals surface area contributed by atoms with Gasteiger partial charge in [-0.25, -0.2) is 0 Å². The van der Waals surface area contributed by atoms with Crippen molar-refractivity contribution >= 4 is 11.6 Å². The van der Waals surface area contributed by atoms with Gasteiger partial charge in [0.25, 0.3) is 0 Å². The maximum absolute atomic E-state index is 5.81. The fourth-order valence-corrected chi connectivity index (χ4v) is 1.61. The Morgan fingerprint density at radius 1 is 1.38 bits per heavy atom. The Balaban J connectivity index is 2.21. The van der Waals surface area contributed by atoms with Crippen LogP contribution in [0.25, 0.3) is 11.3 Å². The Morgan fingerprint density at radius 3 is 2.69 bits per heavy atom. The average molecular weight is 237 g/mol. The Morgan fingerprint density at radius 2 is 2.06 bits per heavy atom. The predicted octanol–water partition coefficient (Wildman–Crippen LogP) is 2.88. The van der Waals surface area contributed by atoms with Crippen molar-refractivity contribution in [3.05, 3.63) is 41.1 Å². The number of rotatable bonds is 3. The van der Waals surface area contributed by atoms with Crippen molar-refractivity contribution in [3.63, 3.8) is 0 Å². The van der Waals surface area contributed by atoms with E-state index in [9.17, 15) is 0 Å². The summed E-state index contributed by atoms with van der Waals surface area (Å²) in [7, 11) is 0. The van der Waals surface area contributed by atoms with Crippen LogP contribution < -0.4 is 5.73 Å². The molecule has 2 rings (SSSR count). The van der Waals surface area contributed by atoms with Crippen LogP contribution in [0.1, 0.15) is 12.7 Å². The summed E-state index contributed by atoms with van der Waals surface area (Å²) in [6.45, 7) is 1.94. The molecular weight excluding hydrogens is 224 g/mol. The van der Waals surface area contributed by atoms with Crippen molar-refractivity contribution in [1.29, 1.82) is 0 Å². The minimum atomic E-state index is 0.0750. The zero-order valence-electron chi connectivity index (χ0n) is 8.98.